The van der Waals surface area contributed by atoms with Crippen molar-refractivity contribution in [3.63, 3.8) is 0 Å². The molecule has 1 N–H and O–H groups in total. The number of hydrogen-bond donors (Lipinski definition) is 1. The zero-order valence-electron chi connectivity index (χ0n) is 7.79. The summed E-state index contributed by atoms with van der Waals surface area (Å²) in [4.78, 5) is 0. The van der Waals surface area contributed by atoms with Gasteiger partial charge in [-0.05, 0) is 12.5 Å². The highest BCUT2D eigenvalue weighted by molar-refractivity contribution is 7.86. The highest BCUT2D eigenvalue weighted by Crippen LogP contribution is 2.22. The fourth-order valence-electron chi connectivity index (χ4n) is 1.20. The molecule has 3 nitrogen and oxygen atoms in total. The van der Waals surface area contributed by atoms with Crippen LogP contribution in [-0.2, 0) is 10.1 Å². The van der Waals surface area contributed by atoms with Gasteiger partial charge in [-0.25, -0.2) is 0 Å². The van der Waals surface area contributed by atoms with E-state index in [4.69, 9.17) is 4.55 Å². The van der Waals surface area contributed by atoms with Gasteiger partial charge in [0, 0.05) is 0 Å². The largest absolute Gasteiger partial charge is 0.285 e. The van der Waals surface area contributed by atoms with Crippen LogP contribution < -0.4 is 0 Å². The molecule has 0 bridgehead atoms. The summed E-state index contributed by atoms with van der Waals surface area (Å²) in [5.41, 5.74) is 0.563. The minimum Gasteiger partial charge on any atom is -0.285 e. The first-order valence-corrected chi connectivity index (χ1v) is 5.70. The predicted octanol–water partition coefficient (Wildman–Crippen LogP) is 2.19. The lowest BCUT2D eigenvalue weighted by atomic mass is 10.1. The molecule has 4 heteroatoms. The van der Waals surface area contributed by atoms with Gasteiger partial charge in [0.2, 0.25) is 0 Å². The summed E-state index contributed by atoms with van der Waals surface area (Å²) >= 11 is 0. The summed E-state index contributed by atoms with van der Waals surface area (Å²) in [7, 11) is -4.07. The standard InChI is InChI=1S/C10H12O3S/c1-2-6-10(14(11,12)13)9-7-4-3-5-8-9/h2-8,10H,1H3,(H,11,12,13). The molecule has 0 amide bonds. The monoisotopic (exact) mass is 212 g/mol. The number of allylic oxidation sites excluding steroid dienone is 1. The van der Waals surface area contributed by atoms with Crippen molar-refractivity contribution in [1.29, 1.82) is 0 Å². The molecule has 1 atom stereocenters. The first-order valence-electron chi connectivity index (χ1n) is 4.19. The van der Waals surface area contributed by atoms with Crippen molar-refractivity contribution in [2.45, 2.75) is 12.2 Å². The zero-order valence-corrected chi connectivity index (χ0v) is 8.61. The van der Waals surface area contributed by atoms with E-state index in [1.807, 2.05) is 0 Å². The van der Waals surface area contributed by atoms with Crippen LogP contribution >= 0.6 is 0 Å². The molecule has 0 heterocycles. The maximum Gasteiger partial charge on any atom is 0.275 e. The van der Waals surface area contributed by atoms with Crippen LogP contribution in [0.1, 0.15) is 17.7 Å². The molecule has 1 unspecified atom stereocenters. The van der Waals surface area contributed by atoms with Gasteiger partial charge in [-0.1, -0.05) is 42.5 Å². The van der Waals surface area contributed by atoms with Crippen LogP contribution in [0.15, 0.2) is 42.5 Å². The number of rotatable bonds is 3. The molecule has 0 saturated heterocycles. The van der Waals surface area contributed by atoms with Crippen LogP contribution in [0.5, 0.6) is 0 Å². The highest BCUT2D eigenvalue weighted by Gasteiger charge is 2.21. The Balaban J connectivity index is 3.15. The van der Waals surface area contributed by atoms with E-state index in [1.54, 1.807) is 43.3 Å². The van der Waals surface area contributed by atoms with Crippen molar-refractivity contribution in [2.24, 2.45) is 0 Å². The fraction of sp³-hybridized carbons (Fsp3) is 0.200. The normalized spacial score (nSPS) is 14.4. The van der Waals surface area contributed by atoms with Crippen molar-refractivity contribution < 1.29 is 13.0 Å². The predicted molar refractivity (Wildman–Crippen MR) is 55.5 cm³/mol. The van der Waals surface area contributed by atoms with E-state index >= 15 is 0 Å². The zero-order chi connectivity index (χ0) is 10.6. The van der Waals surface area contributed by atoms with E-state index in [0.717, 1.165) is 0 Å². The van der Waals surface area contributed by atoms with E-state index in [0.29, 0.717) is 5.56 Å². The summed E-state index contributed by atoms with van der Waals surface area (Å²) in [6.07, 6.45) is 3.05. The third-order valence-electron chi connectivity index (χ3n) is 1.82. The number of hydrogen-bond acceptors (Lipinski definition) is 2. The summed E-state index contributed by atoms with van der Waals surface area (Å²) < 4.78 is 31.0. The molecule has 0 spiro atoms. The Kier molecular flexibility index (Phi) is 3.43. The molecule has 1 aromatic carbocycles. The van der Waals surface area contributed by atoms with E-state index in [2.05, 4.69) is 0 Å². The van der Waals surface area contributed by atoms with Crippen LogP contribution in [0.25, 0.3) is 0 Å². The molecule has 0 aromatic heterocycles. The third kappa shape index (κ3) is 2.68. The lowest BCUT2D eigenvalue weighted by Crippen LogP contribution is -2.09. The fourth-order valence-corrected chi connectivity index (χ4v) is 2.06. The van der Waals surface area contributed by atoms with Gasteiger partial charge >= 0.3 is 0 Å². The van der Waals surface area contributed by atoms with Gasteiger partial charge in [-0.2, -0.15) is 8.42 Å². The average Bonchev–Trinajstić information content (AvgIpc) is 2.14. The molecule has 0 fully saturated rings. The highest BCUT2D eigenvalue weighted by atomic mass is 32.2. The van der Waals surface area contributed by atoms with Gasteiger partial charge in [0.05, 0.1) is 0 Å². The Morgan fingerprint density at radius 1 is 1.29 bits per heavy atom. The molecular weight excluding hydrogens is 200 g/mol. The Morgan fingerprint density at radius 3 is 2.29 bits per heavy atom. The van der Waals surface area contributed by atoms with Crippen LogP contribution in [0.4, 0.5) is 0 Å². The molecule has 0 aliphatic heterocycles. The van der Waals surface area contributed by atoms with Gasteiger partial charge < -0.3 is 0 Å². The van der Waals surface area contributed by atoms with Gasteiger partial charge in [-0.15, -0.1) is 0 Å². The van der Waals surface area contributed by atoms with E-state index in [-0.39, 0.29) is 0 Å². The maximum atomic E-state index is 11.0. The second-order valence-corrected chi connectivity index (χ2v) is 4.41. The second-order valence-electron chi connectivity index (χ2n) is 2.87. The smallest absolute Gasteiger partial charge is 0.275 e. The summed E-state index contributed by atoms with van der Waals surface area (Å²) in [6.45, 7) is 1.71. The van der Waals surface area contributed by atoms with Crippen LogP contribution in [0.3, 0.4) is 0 Å². The molecule has 0 aliphatic carbocycles. The SMILES string of the molecule is CC=CC(c1ccccc1)S(=O)(=O)O. The van der Waals surface area contributed by atoms with E-state index < -0.39 is 15.4 Å². The van der Waals surface area contributed by atoms with Gasteiger partial charge in [0.1, 0.15) is 5.25 Å². The third-order valence-corrected chi connectivity index (χ3v) is 2.89. The Hall–Kier alpha value is -1.13. The van der Waals surface area contributed by atoms with Gasteiger partial charge in [0.15, 0.2) is 0 Å². The Morgan fingerprint density at radius 2 is 1.86 bits per heavy atom. The number of benzene rings is 1. The first-order chi connectivity index (χ1) is 6.55. The summed E-state index contributed by atoms with van der Waals surface area (Å²) in [6, 6.07) is 8.59. The Labute approximate surface area is 83.8 Å². The molecule has 1 aromatic rings. The van der Waals surface area contributed by atoms with Crippen molar-refractivity contribution in [3.8, 4) is 0 Å². The molecular formula is C10H12O3S. The van der Waals surface area contributed by atoms with Crippen LogP contribution in [0, 0.1) is 0 Å². The second kappa shape index (κ2) is 4.39. The van der Waals surface area contributed by atoms with Crippen molar-refractivity contribution in [2.75, 3.05) is 0 Å². The topological polar surface area (TPSA) is 54.4 Å². The van der Waals surface area contributed by atoms with Gasteiger partial charge in [-0.3, -0.25) is 4.55 Å². The van der Waals surface area contributed by atoms with Crippen molar-refractivity contribution in [1.82, 2.24) is 0 Å². The Bertz CT molecular complexity index is 406. The van der Waals surface area contributed by atoms with Gasteiger partial charge in [0.25, 0.3) is 10.1 Å². The quantitative estimate of drug-likeness (QED) is 0.617. The summed E-state index contributed by atoms with van der Waals surface area (Å²) in [5, 5.41) is -0.964. The van der Waals surface area contributed by atoms with E-state index in [9.17, 15) is 8.42 Å². The minimum atomic E-state index is -4.07. The summed E-state index contributed by atoms with van der Waals surface area (Å²) in [5.74, 6) is 0. The molecule has 14 heavy (non-hydrogen) atoms. The molecule has 0 radical (unpaired) electrons. The lowest BCUT2D eigenvalue weighted by molar-refractivity contribution is 0.476. The van der Waals surface area contributed by atoms with Crippen molar-refractivity contribution >= 4 is 10.1 Å². The van der Waals surface area contributed by atoms with Crippen LogP contribution in [0.2, 0.25) is 0 Å². The minimum absolute atomic E-state index is 0.563. The van der Waals surface area contributed by atoms with E-state index in [1.165, 1.54) is 6.08 Å². The maximum absolute atomic E-state index is 11.0. The molecule has 76 valence electrons. The first kappa shape index (κ1) is 10.9. The van der Waals surface area contributed by atoms with Crippen molar-refractivity contribution in [3.05, 3.63) is 48.0 Å². The molecule has 0 aliphatic rings. The van der Waals surface area contributed by atoms with Crippen LogP contribution in [-0.4, -0.2) is 13.0 Å². The molecule has 1 rings (SSSR count). The molecule has 0 saturated carbocycles. The average molecular weight is 212 g/mol. The lowest BCUT2D eigenvalue weighted by Gasteiger charge is -2.08.